The van der Waals surface area contributed by atoms with Gasteiger partial charge in [0.05, 0.1) is 10.4 Å². The van der Waals surface area contributed by atoms with Crippen molar-refractivity contribution in [3.63, 3.8) is 0 Å². The number of carbonyl (C=O) groups is 1. The zero-order valence-corrected chi connectivity index (χ0v) is 20.3. The first kappa shape index (κ1) is 25.3. The Morgan fingerprint density at radius 1 is 1.09 bits per heavy atom. The second-order valence-corrected chi connectivity index (χ2v) is 10.3. The summed E-state index contributed by atoms with van der Waals surface area (Å²) in [5, 5.41) is 0. The molecule has 0 bridgehead atoms. The number of ether oxygens (including phenoxy) is 2. The molecule has 2 aromatic rings. The molecule has 0 spiro atoms. The van der Waals surface area contributed by atoms with Gasteiger partial charge in [-0.3, -0.25) is 0 Å². The number of allylic oxidation sites excluding steroid dienone is 1. The van der Waals surface area contributed by atoms with E-state index in [1.807, 2.05) is 49.4 Å². The molecule has 178 valence electrons. The van der Waals surface area contributed by atoms with Crippen molar-refractivity contribution in [2.75, 3.05) is 14.2 Å². The van der Waals surface area contributed by atoms with E-state index in [1.165, 1.54) is 4.31 Å². The minimum atomic E-state index is -3.96. The van der Waals surface area contributed by atoms with Crippen molar-refractivity contribution in [1.82, 2.24) is 4.31 Å². The third-order valence-electron chi connectivity index (χ3n) is 6.41. The van der Waals surface area contributed by atoms with Crippen molar-refractivity contribution < 1.29 is 22.7 Å². The molecule has 33 heavy (non-hydrogen) atoms. The minimum absolute atomic E-state index is 0.109. The number of rotatable bonds is 11. The van der Waals surface area contributed by atoms with E-state index in [2.05, 4.69) is 0 Å². The summed E-state index contributed by atoms with van der Waals surface area (Å²) in [6.07, 6.45) is 6.56. The van der Waals surface area contributed by atoms with Crippen molar-refractivity contribution >= 4 is 16.3 Å². The number of hydrogen-bond acceptors (Lipinski definition) is 5. The summed E-state index contributed by atoms with van der Waals surface area (Å²) in [5.74, 6) is -0.305. The Kier molecular flexibility index (Phi) is 8.59. The summed E-state index contributed by atoms with van der Waals surface area (Å²) >= 11 is 0. The van der Waals surface area contributed by atoms with Crippen LogP contribution >= 0.6 is 0 Å². The second-order valence-electron chi connectivity index (χ2n) is 8.47. The standard InChI is InChI=1S/C26H33NO5S/c1-21-12-15-24(16-13-21)33(29,30)27(19-22-9-5-4-6-10-22)26(20-28)18-8-7-11-23(26)14-17-25(31-2)32-3/h4-7,9-13,15-16,20,23,25H,8,14,17-19H2,1-3H3/t23-,26-/m0/s1. The summed E-state index contributed by atoms with van der Waals surface area (Å²) < 4.78 is 40.1. The van der Waals surface area contributed by atoms with Crippen LogP contribution in [-0.2, 0) is 30.8 Å². The van der Waals surface area contributed by atoms with Gasteiger partial charge in [-0.25, -0.2) is 8.42 Å². The first-order valence-electron chi connectivity index (χ1n) is 11.2. The first-order chi connectivity index (χ1) is 15.9. The van der Waals surface area contributed by atoms with Crippen molar-refractivity contribution in [1.29, 1.82) is 0 Å². The first-order valence-corrected chi connectivity index (χ1v) is 12.6. The van der Waals surface area contributed by atoms with Gasteiger partial charge in [0, 0.05) is 26.7 Å². The Bertz CT molecular complexity index is 1030. The normalized spacial score (nSPS) is 20.9. The summed E-state index contributed by atoms with van der Waals surface area (Å²) in [5.41, 5.74) is 0.590. The van der Waals surface area contributed by atoms with Gasteiger partial charge in [0.25, 0.3) is 0 Å². The van der Waals surface area contributed by atoms with Gasteiger partial charge >= 0.3 is 0 Å². The van der Waals surface area contributed by atoms with Crippen molar-refractivity contribution in [3.05, 3.63) is 77.9 Å². The van der Waals surface area contributed by atoms with Gasteiger partial charge < -0.3 is 14.3 Å². The van der Waals surface area contributed by atoms with Crippen LogP contribution in [0.5, 0.6) is 0 Å². The molecule has 3 rings (SSSR count). The van der Waals surface area contributed by atoms with E-state index in [4.69, 9.17) is 9.47 Å². The van der Waals surface area contributed by atoms with Crippen LogP contribution in [0.15, 0.2) is 71.6 Å². The molecule has 1 aliphatic rings. The Hall–Kier alpha value is -2.32. The lowest BCUT2D eigenvalue weighted by molar-refractivity contribution is -0.122. The number of aldehydes is 1. The van der Waals surface area contributed by atoms with Gasteiger partial charge in [0.15, 0.2) is 6.29 Å². The number of aryl methyl sites for hydroxylation is 1. The predicted octanol–water partition coefficient (Wildman–Crippen LogP) is 4.49. The molecule has 0 heterocycles. The zero-order valence-electron chi connectivity index (χ0n) is 19.5. The zero-order chi connectivity index (χ0) is 23.9. The fourth-order valence-electron chi connectivity index (χ4n) is 4.48. The number of hydrogen-bond donors (Lipinski definition) is 0. The maximum absolute atomic E-state index is 14.0. The van der Waals surface area contributed by atoms with E-state index < -0.39 is 21.9 Å². The fourth-order valence-corrected chi connectivity index (χ4v) is 6.25. The van der Waals surface area contributed by atoms with E-state index >= 15 is 0 Å². The average Bonchev–Trinajstić information content (AvgIpc) is 2.84. The summed E-state index contributed by atoms with van der Waals surface area (Å²) in [7, 11) is -0.821. The molecule has 0 aromatic heterocycles. The van der Waals surface area contributed by atoms with Crippen LogP contribution in [0, 0.1) is 12.8 Å². The SMILES string of the molecule is COC(CC[C@@H]1C=CCC[C@@]1(C=O)N(Cc1ccccc1)S(=O)(=O)c1ccc(C)cc1)OC. The van der Waals surface area contributed by atoms with E-state index in [0.29, 0.717) is 25.7 Å². The highest BCUT2D eigenvalue weighted by atomic mass is 32.2. The number of sulfonamides is 1. The summed E-state index contributed by atoms with van der Waals surface area (Å²) in [6.45, 7) is 2.02. The fraction of sp³-hybridized carbons (Fsp3) is 0.423. The van der Waals surface area contributed by atoms with Crippen molar-refractivity contribution in [2.45, 2.75) is 55.9 Å². The van der Waals surface area contributed by atoms with E-state index in [0.717, 1.165) is 17.4 Å². The van der Waals surface area contributed by atoms with Crippen LogP contribution in [0.25, 0.3) is 0 Å². The molecular weight excluding hydrogens is 438 g/mol. The smallest absolute Gasteiger partial charge is 0.244 e. The second kappa shape index (κ2) is 11.2. The van der Waals surface area contributed by atoms with Gasteiger partial charge in [-0.15, -0.1) is 0 Å². The molecular formula is C26H33NO5S. The highest BCUT2D eigenvalue weighted by Crippen LogP contribution is 2.41. The monoisotopic (exact) mass is 471 g/mol. The van der Waals surface area contributed by atoms with E-state index in [-0.39, 0.29) is 17.4 Å². The predicted molar refractivity (Wildman–Crippen MR) is 128 cm³/mol. The molecule has 2 aromatic carbocycles. The third-order valence-corrected chi connectivity index (χ3v) is 8.32. The quantitative estimate of drug-likeness (QED) is 0.274. The Morgan fingerprint density at radius 2 is 1.76 bits per heavy atom. The van der Waals surface area contributed by atoms with Gasteiger partial charge in [0.1, 0.15) is 6.29 Å². The topological polar surface area (TPSA) is 72.9 Å². The molecule has 0 fully saturated rings. The maximum atomic E-state index is 14.0. The van der Waals surface area contributed by atoms with Gasteiger partial charge in [-0.05, 0) is 50.3 Å². The molecule has 0 saturated heterocycles. The summed E-state index contributed by atoms with van der Waals surface area (Å²) in [4.78, 5) is 13.0. The van der Waals surface area contributed by atoms with Crippen LogP contribution in [0.3, 0.4) is 0 Å². The Morgan fingerprint density at radius 3 is 2.36 bits per heavy atom. The van der Waals surface area contributed by atoms with Gasteiger partial charge in [0.2, 0.25) is 10.0 Å². The molecule has 0 saturated carbocycles. The molecule has 0 radical (unpaired) electrons. The molecule has 1 aliphatic carbocycles. The number of benzene rings is 2. The molecule has 0 unspecified atom stereocenters. The lowest BCUT2D eigenvalue weighted by atomic mass is 9.75. The van der Waals surface area contributed by atoms with Crippen molar-refractivity contribution in [3.8, 4) is 0 Å². The summed E-state index contributed by atoms with van der Waals surface area (Å²) in [6, 6.07) is 16.2. The average molecular weight is 472 g/mol. The number of methoxy groups -OCH3 is 2. The highest BCUT2D eigenvalue weighted by Gasteiger charge is 2.49. The number of carbonyl (C=O) groups excluding carboxylic acids is 1. The largest absolute Gasteiger partial charge is 0.356 e. The number of nitrogens with zero attached hydrogens (tertiary/aromatic N) is 1. The van der Waals surface area contributed by atoms with Crippen LogP contribution in [0.1, 0.15) is 36.8 Å². The van der Waals surface area contributed by atoms with E-state index in [9.17, 15) is 13.2 Å². The molecule has 2 atom stereocenters. The van der Waals surface area contributed by atoms with Crippen LogP contribution < -0.4 is 0 Å². The van der Waals surface area contributed by atoms with Crippen molar-refractivity contribution in [2.24, 2.45) is 5.92 Å². The third kappa shape index (κ3) is 5.61. The van der Waals surface area contributed by atoms with Crippen LogP contribution in [0.4, 0.5) is 0 Å². The van der Waals surface area contributed by atoms with Gasteiger partial charge in [-0.1, -0.05) is 60.2 Å². The van der Waals surface area contributed by atoms with E-state index in [1.54, 1.807) is 38.5 Å². The molecule has 7 heteroatoms. The minimum Gasteiger partial charge on any atom is -0.356 e. The Labute approximate surface area is 197 Å². The Balaban J connectivity index is 2.08. The molecule has 0 N–H and O–H groups in total. The van der Waals surface area contributed by atoms with Gasteiger partial charge in [-0.2, -0.15) is 4.31 Å². The lowest BCUT2D eigenvalue weighted by Crippen LogP contribution is -2.57. The molecule has 6 nitrogen and oxygen atoms in total. The molecule has 0 aliphatic heterocycles. The lowest BCUT2D eigenvalue weighted by Gasteiger charge is -2.45. The van der Waals surface area contributed by atoms with Crippen LogP contribution in [0.2, 0.25) is 0 Å². The van der Waals surface area contributed by atoms with Crippen LogP contribution in [-0.4, -0.2) is 45.1 Å². The highest BCUT2D eigenvalue weighted by molar-refractivity contribution is 7.89. The maximum Gasteiger partial charge on any atom is 0.244 e. The molecule has 0 amide bonds.